The molecular weight excluding hydrogens is 640 g/mol. The highest BCUT2D eigenvalue weighted by atomic mass is 35.5. The van der Waals surface area contributed by atoms with Crippen LogP contribution >= 0.6 is 22.9 Å². The Morgan fingerprint density at radius 3 is 2.83 bits per heavy atom. The number of aliphatic hydroxyl groups excluding tert-OH is 1. The van der Waals surface area contributed by atoms with E-state index >= 15 is 0 Å². The van der Waals surface area contributed by atoms with Crippen LogP contribution in [0.2, 0.25) is 5.02 Å². The summed E-state index contributed by atoms with van der Waals surface area (Å²) in [4.78, 5) is 17.0. The average Bonchev–Trinajstić information content (AvgIpc) is 3.47. The van der Waals surface area contributed by atoms with E-state index in [2.05, 4.69) is 21.8 Å². The van der Waals surface area contributed by atoms with Crippen LogP contribution in [0, 0.1) is 17.8 Å². The van der Waals surface area contributed by atoms with E-state index < -0.39 is 27.3 Å². The van der Waals surface area contributed by atoms with E-state index in [1.54, 1.807) is 18.2 Å². The van der Waals surface area contributed by atoms with E-state index in [0.717, 1.165) is 47.7 Å². The standard InChI is InChI=1S/C36H41ClN2O5S2/c1-23-5-2-8-32(40)29-12-9-26(29)20-39-21-36(15-3-6-24-17-27(37)11-13-30(24)36)22-44-33-14-10-25(18-31(33)39)35(41)38-46(42,43)34(23)19-28-7-4-16-45-28/h2,4,7-8,10-11,13-14,16-18,23,26,29,32,34,40H,3,5-6,9,12,15,19-22H2,1H3,(H,38,41)/b8-2+/t23-,26+,29-,32+,34+,36+/m1/s1. The van der Waals surface area contributed by atoms with Crippen LogP contribution in [-0.4, -0.2) is 50.5 Å². The second-order valence-corrected chi connectivity index (χ2v) is 17.1. The number of nitrogens with zero attached hydrogens (tertiary/aromatic N) is 1. The summed E-state index contributed by atoms with van der Waals surface area (Å²) in [7, 11) is -4.04. The fourth-order valence-corrected chi connectivity index (χ4v) is 10.8. The third kappa shape index (κ3) is 6.12. The molecule has 1 amide bonds. The number of aliphatic hydroxyl groups is 1. The summed E-state index contributed by atoms with van der Waals surface area (Å²) in [6.45, 7) is 3.79. The number of allylic oxidation sites excluding steroid dienone is 1. The predicted molar refractivity (Wildman–Crippen MR) is 184 cm³/mol. The van der Waals surface area contributed by atoms with Gasteiger partial charge in [0.05, 0.1) is 23.6 Å². The minimum absolute atomic E-state index is 0.109. The maximum Gasteiger partial charge on any atom is 0.264 e. The number of fused-ring (bicyclic) bond motifs is 4. The maximum absolute atomic E-state index is 13.9. The third-order valence-electron chi connectivity index (χ3n) is 10.8. The number of sulfonamides is 1. The van der Waals surface area contributed by atoms with Crippen molar-refractivity contribution in [1.29, 1.82) is 0 Å². The number of carbonyl (C=O) groups is 1. The Kier molecular flexibility index (Phi) is 8.72. The first-order valence-electron chi connectivity index (χ1n) is 16.4. The van der Waals surface area contributed by atoms with Crippen molar-refractivity contribution < 1.29 is 23.1 Å². The lowest BCUT2D eigenvalue weighted by atomic mass is 9.68. The van der Waals surface area contributed by atoms with Gasteiger partial charge in [-0.2, -0.15) is 0 Å². The number of amides is 1. The van der Waals surface area contributed by atoms with E-state index in [0.29, 0.717) is 38.3 Å². The predicted octanol–water partition coefficient (Wildman–Crippen LogP) is 6.53. The summed E-state index contributed by atoms with van der Waals surface area (Å²) < 4.78 is 36.7. The Bertz CT molecular complexity index is 1740. The first kappa shape index (κ1) is 31.7. The normalized spacial score (nSPS) is 31.4. The molecule has 1 aromatic heterocycles. The molecule has 10 heteroatoms. The summed E-state index contributed by atoms with van der Waals surface area (Å²) in [5, 5.41) is 13.2. The molecule has 1 spiro atoms. The Labute approximate surface area is 280 Å². The number of halogens is 1. The summed E-state index contributed by atoms with van der Waals surface area (Å²) >= 11 is 7.92. The molecule has 0 radical (unpaired) electrons. The van der Waals surface area contributed by atoms with E-state index in [4.69, 9.17) is 16.3 Å². The number of ether oxygens (including phenoxy) is 1. The van der Waals surface area contributed by atoms with Crippen LogP contribution in [0.4, 0.5) is 5.69 Å². The van der Waals surface area contributed by atoms with Gasteiger partial charge in [0.1, 0.15) is 5.75 Å². The quantitative estimate of drug-likeness (QED) is 0.299. The second-order valence-electron chi connectivity index (χ2n) is 13.7. The fourth-order valence-electron chi connectivity index (χ4n) is 8.04. The molecule has 3 heterocycles. The molecule has 0 unspecified atom stereocenters. The zero-order chi connectivity index (χ0) is 32.1. The lowest BCUT2D eigenvalue weighted by Crippen LogP contribution is -2.49. The number of benzene rings is 2. The Morgan fingerprint density at radius 2 is 2.04 bits per heavy atom. The lowest BCUT2D eigenvalue weighted by molar-refractivity contribution is 0.0456. The zero-order valence-corrected chi connectivity index (χ0v) is 28.4. The molecule has 244 valence electrons. The summed E-state index contributed by atoms with van der Waals surface area (Å²) in [6, 6.07) is 15.3. The average molecular weight is 681 g/mol. The van der Waals surface area contributed by atoms with Crippen molar-refractivity contribution in [2.24, 2.45) is 17.8 Å². The molecule has 2 aliphatic carbocycles. The fraction of sp³-hybridized carbons (Fsp3) is 0.472. The molecule has 1 saturated carbocycles. The van der Waals surface area contributed by atoms with E-state index in [1.807, 2.05) is 42.7 Å². The number of anilines is 1. The van der Waals surface area contributed by atoms with Gasteiger partial charge in [-0.3, -0.25) is 4.79 Å². The number of hydrogen-bond acceptors (Lipinski definition) is 7. The van der Waals surface area contributed by atoms with Gasteiger partial charge in [0.25, 0.3) is 5.91 Å². The Balaban J connectivity index is 1.28. The molecule has 1 fully saturated rings. The van der Waals surface area contributed by atoms with Gasteiger partial charge in [-0.1, -0.05) is 42.8 Å². The SMILES string of the molecule is C[C@@H]1C/C=C/[C@H](O)[C@@H]2CC[C@H]2CN2C[C@@]3(CCCc4cc(Cl)ccc43)COc3ccc(cc32)C(=O)NS(=O)(=O)[C@H]1Cc1cccs1. The number of aryl methyl sites for hydroxylation is 1. The van der Waals surface area contributed by atoms with Crippen LogP contribution in [0.1, 0.15) is 65.4 Å². The van der Waals surface area contributed by atoms with Gasteiger partial charge < -0.3 is 14.7 Å². The molecule has 0 saturated heterocycles. The van der Waals surface area contributed by atoms with Crippen molar-refractivity contribution in [1.82, 2.24) is 4.72 Å². The van der Waals surface area contributed by atoms with Gasteiger partial charge >= 0.3 is 0 Å². The highest BCUT2D eigenvalue weighted by Crippen LogP contribution is 2.47. The molecule has 2 bridgehead atoms. The van der Waals surface area contributed by atoms with Gasteiger partial charge in [0.2, 0.25) is 10.0 Å². The van der Waals surface area contributed by atoms with Gasteiger partial charge in [0.15, 0.2) is 0 Å². The molecule has 2 N–H and O–H groups in total. The minimum Gasteiger partial charge on any atom is -0.490 e. The van der Waals surface area contributed by atoms with Crippen molar-refractivity contribution in [3.8, 4) is 5.75 Å². The molecule has 2 aromatic carbocycles. The van der Waals surface area contributed by atoms with Gasteiger partial charge in [0, 0.05) is 40.4 Å². The van der Waals surface area contributed by atoms with E-state index in [1.165, 1.54) is 22.5 Å². The summed E-state index contributed by atoms with van der Waals surface area (Å²) in [5.41, 5.74) is 3.30. The smallest absolute Gasteiger partial charge is 0.264 e. The van der Waals surface area contributed by atoms with Crippen LogP contribution in [0.5, 0.6) is 5.75 Å². The zero-order valence-electron chi connectivity index (χ0n) is 26.0. The Hall–Kier alpha value is -2.85. The largest absolute Gasteiger partial charge is 0.490 e. The van der Waals surface area contributed by atoms with Gasteiger partial charge in [-0.25, -0.2) is 13.1 Å². The molecule has 3 aromatic rings. The number of thiophene rings is 1. The maximum atomic E-state index is 13.9. The van der Waals surface area contributed by atoms with Crippen LogP contribution < -0.4 is 14.4 Å². The molecule has 7 nitrogen and oxygen atoms in total. The molecular formula is C36H41ClN2O5S2. The third-order valence-corrected chi connectivity index (χ3v) is 13.8. The first-order valence-corrected chi connectivity index (χ1v) is 19.2. The highest BCUT2D eigenvalue weighted by molar-refractivity contribution is 7.90. The molecule has 7 rings (SSSR count). The lowest BCUT2D eigenvalue weighted by Gasteiger charge is -2.45. The van der Waals surface area contributed by atoms with Crippen molar-refractivity contribution in [3.63, 3.8) is 0 Å². The first-order chi connectivity index (χ1) is 22.1. The second kappa shape index (κ2) is 12.6. The summed E-state index contributed by atoms with van der Waals surface area (Å²) in [5.74, 6) is 0.144. The molecule has 4 aliphatic rings. The van der Waals surface area contributed by atoms with Gasteiger partial charge in [-0.15, -0.1) is 11.3 Å². The van der Waals surface area contributed by atoms with E-state index in [9.17, 15) is 18.3 Å². The number of hydrogen-bond donors (Lipinski definition) is 2. The number of nitrogens with one attached hydrogen (secondary N) is 1. The van der Waals surface area contributed by atoms with Crippen LogP contribution in [0.3, 0.4) is 0 Å². The van der Waals surface area contributed by atoms with Crippen molar-refractivity contribution in [3.05, 3.63) is 92.7 Å². The molecule has 6 atom stereocenters. The summed E-state index contributed by atoms with van der Waals surface area (Å²) in [6.07, 6.45) is 8.86. The topological polar surface area (TPSA) is 95.9 Å². The van der Waals surface area contributed by atoms with Crippen LogP contribution in [0.15, 0.2) is 66.1 Å². The Morgan fingerprint density at radius 1 is 1.17 bits per heavy atom. The van der Waals surface area contributed by atoms with Crippen LogP contribution in [-0.2, 0) is 28.3 Å². The molecule has 2 aliphatic heterocycles. The monoisotopic (exact) mass is 680 g/mol. The van der Waals surface area contributed by atoms with Crippen molar-refractivity contribution in [2.45, 2.75) is 68.6 Å². The highest BCUT2D eigenvalue weighted by Gasteiger charge is 2.44. The minimum atomic E-state index is -4.04. The van der Waals surface area contributed by atoms with E-state index in [-0.39, 0.29) is 28.7 Å². The molecule has 46 heavy (non-hydrogen) atoms. The number of rotatable bonds is 2. The van der Waals surface area contributed by atoms with Gasteiger partial charge in [-0.05, 0) is 109 Å². The van der Waals surface area contributed by atoms with Crippen molar-refractivity contribution >= 4 is 44.6 Å². The number of carbonyl (C=O) groups excluding carboxylic acids is 1. The van der Waals surface area contributed by atoms with Crippen LogP contribution in [0.25, 0.3) is 0 Å². The van der Waals surface area contributed by atoms with Crippen molar-refractivity contribution in [2.75, 3.05) is 24.6 Å².